The van der Waals surface area contributed by atoms with E-state index < -0.39 is 13.9 Å². The van der Waals surface area contributed by atoms with Crippen LogP contribution in [0, 0.1) is 6.92 Å². The molecule has 9 heteroatoms. The summed E-state index contributed by atoms with van der Waals surface area (Å²) in [6.45, 7) is 6.74. The molecular weight excluding hydrogens is 545 g/mol. The van der Waals surface area contributed by atoms with Crippen LogP contribution in [0.3, 0.4) is 0 Å². The van der Waals surface area contributed by atoms with Gasteiger partial charge in [-0.05, 0) is 31.5 Å². The van der Waals surface area contributed by atoms with Crippen LogP contribution in [0.4, 0.5) is 0 Å². The zero-order valence-corrected chi connectivity index (χ0v) is 24.7. The van der Waals surface area contributed by atoms with Crippen LogP contribution in [0.1, 0.15) is 57.0 Å². The SMILES string of the molecule is CCOP(=O)(OCC)OC(c1ccccc1)c1sc(CCOC(=O)c2ccccc2)c(C)[n+]1Cc1ccccc1. The van der Waals surface area contributed by atoms with Crippen molar-refractivity contribution in [2.75, 3.05) is 19.8 Å². The molecule has 0 N–H and O–H groups in total. The first-order chi connectivity index (χ1) is 19.4. The summed E-state index contributed by atoms with van der Waals surface area (Å²) in [5, 5.41) is 0.844. The van der Waals surface area contributed by atoms with Gasteiger partial charge in [-0.15, -0.1) is 0 Å². The third-order valence-electron chi connectivity index (χ3n) is 6.19. The van der Waals surface area contributed by atoms with E-state index in [0.717, 1.165) is 26.7 Å². The largest absolute Gasteiger partial charge is 0.475 e. The average Bonchev–Trinajstić information content (AvgIpc) is 3.27. The highest BCUT2D eigenvalue weighted by Gasteiger charge is 2.39. The van der Waals surface area contributed by atoms with E-state index in [1.165, 1.54) is 0 Å². The van der Waals surface area contributed by atoms with Crippen LogP contribution in [0.2, 0.25) is 0 Å². The number of rotatable bonds is 14. The van der Waals surface area contributed by atoms with E-state index in [1.807, 2.05) is 73.7 Å². The number of nitrogens with zero attached hydrogens (tertiary/aromatic N) is 1. The quantitative estimate of drug-likeness (QED) is 0.0902. The summed E-state index contributed by atoms with van der Waals surface area (Å²) in [5.41, 5.74) is 3.48. The molecule has 4 aromatic rings. The van der Waals surface area contributed by atoms with Crippen LogP contribution in [0.15, 0.2) is 91.0 Å². The Morgan fingerprint density at radius 2 is 1.45 bits per heavy atom. The molecule has 0 amide bonds. The van der Waals surface area contributed by atoms with Gasteiger partial charge >= 0.3 is 13.8 Å². The normalized spacial score (nSPS) is 12.3. The molecule has 0 aliphatic heterocycles. The highest BCUT2D eigenvalue weighted by Crippen LogP contribution is 2.54. The zero-order chi connectivity index (χ0) is 28.4. The highest BCUT2D eigenvalue weighted by atomic mass is 32.1. The highest BCUT2D eigenvalue weighted by molar-refractivity contribution is 7.48. The van der Waals surface area contributed by atoms with Crippen LogP contribution in [-0.4, -0.2) is 25.8 Å². The summed E-state index contributed by atoms with van der Waals surface area (Å²) in [4.78, 5) is 13.5. The lowest BCUT2D eigenvalue weighted by Crippen LogP contribution is -2.41. The van der Waals surface area contributed by atoms with Crippen LogP contribution in [-0.2, 0) is 35.8 Å². The van der Waals surface area contributed by atoms with Crippen LogP contribution >= 0.6 is 19.2 Å². The molecule has 0 bridgehead atoms. The van der Waals surface area contributed by atoms with Crippen molar-refractivity contribution in [1.29, 1.82) is 0 Å². The number of aromatic nitrogens is 1. The minimum absolute atomic E-state index is 0.185. The van der Waals surface area contributed by atoms with Crippen molar-refractivity contribution in [3.63, 3.8) is 0 Å². The molecule has 210 valence electrons. The lowest BCUT2D eigenvalue weighted by Gasteiger charge is -2.21. The standard InChI is InChI=1S/C31H35NO6PS/c1-4-36-39(34,37-5-2)38-29(26-17-11-7-12-18-26)30-32(23-25-15-9-6-10-16-25)24(3)28(40-30)21-22-35-31(33)27-19-13-8-14-20-27/h6-20,29H,4-5,21-23H2,1-3H3/q+1. The van der Waals surface area contributed by atoms with Crippen molar-refractivity contribution in [1.82, 2.24) is 0 Å². The van der Waals surface area contributed by atoms with E-state index in [4.69, 9.17) is 18.3 Å². The van der Waals surface area contributed by atoms with Gasteiger partial charge in [-0.1, -0.05) is 90.2 Å². The van der Waals surface area contributed by atoms with E-state index in [1.54, 1.807) is 37.3 Å². The fourth-order valence-corrected chi connectivity index (χ4v) is 6.95. The van der Waals surface area contributed by atoms with Crippen LogP contribution in [0.5, 0.6) is 0 Å². The number of hydrogen-bond acceptors (Lipinski definition) is 7. The Labute approximate surface area is 239 Å². The van der Waals surface area contributed by atoms with Gasteiger partial charge in [-0.3, -0.25) is 13.6 Å². The smallest absolute Gasteiger partial charge is 0.462 e. The van der Waals surface area contributed by atoms with Crippen molar-refractivity contribution in [2.45, 2.75) is 39.8 Å². The molecule has 7 nitrogen and oxygen atoms in total. The number of carbonyl (C=O) groups excluding carboxylic acids is 1. The molecule has 4 rings (SSSR count). The maximum atomic E-state index is 13.6. The van der Waals surface area contributed by atoms with E-state index in [0.29, 0.717) is 18.5 Å². The molecule has 1 atom stereocenters. The molecule has 0 aliphatic rings. The second kappa shape index (κ2) is 14.5. The van der Waals surface area contributed by atoms with Crippen molar-refractivity contribution < 1.29 is 32.2 Å². The lowest BCUT2D eigenvalue weighted by molar-refractivity contribution is -0.699. The van der Waals surface area contributed by atoms with Crippen molar-refractivity contribution in [3.8, 4) is 0 Å². The fourth-order valence-electron chi connectivity index (χ4n) is 4.27. The minimum atomic E-state index is -3.86. The number of benzene rings is 3. The molecule has 0 radical (unpaired) electrons. The van der Waals surface area contributed by atoms with Gasteiger partial charge in [0.2, 0.25) is 0 Å². The van der Waals surface area contributed by atoms with Gasteiger partial charge in [-0.25, -0.2) is 9.36 Å². The maximum Gasteiger partial charge on any atom is 0.475 e. The number of phosphoric ester groups is 1. The third kappa shape index (κ3) is 7.74. The summed E-state index contributed by atoms with van der Waals surface area (Å²) in [6.07, 6.45) is -0.182. The van der Waals surface area contributed by atoms with E-state index in [-0.39, 0.29) is 25.8 Å². The van der Waals surface area contributed by atoms with Gasteiger partial charge in [0.1, 0.15) is 0 Å². The monoisotopic (exact) mass is 580 g/mol. The topological polar surface area (TPSA) is 74.9 Å². The van der Waals surface area contributed by atoms with Crippen molar-refractivity contribution in [2.24, 2.45) is 0 Å². The summed E-state index contributed by atoms with van der Waals surface area (Å²) >= 11 is 1.55. The number of carbonyl (C=O) groups is 1. The summed E-state index contributed by atoms with van der Waals surface area (Å²) in [5.74, 6) is -0.355. The first-order valence-electron chi connectivity index (χ1n) is 13.3. The summed E-state index contributed by atoms with van der Waals surface area (Å²) < 4.78 is 38.6. The molecule has 0 spiro atoms. The zero-order valence-electron chi connectivity index (χ0n) is 23.0. The van der Waals surface area contributed by atoms with Crippen molar-refractivity contribution >= 4 is 25.1 Å². The number of phosphoric acid groups is 1. The maximum absolute atomic E-state index is 13.6. The van der Waals surface area contributed by atoms with Crippen LogP contribution in [0.25, 0.3) is 0 Å². The van der Waals surface area contributed by atoms with Gasteiger partial charge in [0.25, 0.3) is 5.01 Å². The first-order valence-corrected chi connectivity index (χ1v) is 15.6. The Morgan fingerprint density at radius 1 is 0.875 bits per heavy atom. The third-order valence-corrected chi connectivity index (χ3v) is 9.20. The second-order valence-electron chi connectivity index (χ2n) is 8.95. The second-order valence-corrected chi connectivity index (χ2v) is 11.7. The van der Waals surface area contributed by atoms with E-state index >= 15 is 0 Å². The lowest BCUT2D eigenvalue weighted by atomic mass is 10.1. The van der Waals surface area contributed by atoms with Gasteiger partial charge in [-0.2, -0.15) is 4.57 Å². The Bertz CT molecular complexity index is 1400. The molecule has 3 aromatic carbocycles. The first kappa shape index (κ1) is 29.8. The van der Waals surface area contributed by atoms with Crippen molar-refractivity contribution in [3.05, 3.63) is 123 Å². The predicted molar refractivity (Wildman–Crippen MR) is 155 cm³/mol. The molecule has 0 fully saturated rings. The van der Waals surface area contributed by atoms with Crippen LogP contribution < -0.4 is 4.57 Å². The molecule has 0 saturated heterocycles. The molecular formula is C31H35NO6PS+. The molecule has 40 heavy (non-hydrogen) atoms. The van der Waals surface area contributed by atoms with E-state index in [9.17, 15) is 9.36 Å². The Morgan fingerprint density at radius 3 is 2.05 bits per heavy atom. The molecule has 0 saturated carbocycles. The minimum Gasteiger partial charge on any atom is -0.462 e. The fraction of sp³-hybridized carbons (Fsp3) is 0.290. The molecule has 1 aromatic heterocycles. The predicted octanol–water partition coefficient (Wildman–Crippen LogP) is 7.08. The molecule has 1 heterocycles. The molecule has 1 unspecified atom stereocenters. The van der Waals surface area contributed by atoms with Gasteiger partial charge in [0.15, 0.2) is 18.3 Å². The Balaban J connectivity index is 1.70. The average molecular weight is 581 g/mol. The van der Waals surface area contributed by atoms with Gasteiger partial charge in [0, 0.05) is 18.9 Å². The van der Waals surface area contributed by atoms with E-state index in [2.05, 4.69) is 16.7 Å². The number of hydrogen-bond donors (Lipinski definition) is 0. The number of thiazole rings is 1. The number of ether oxygens (including phenoxy) is 1. The van der Waals surface area contributed by atoms with Gasteiger partial charge in [0.05, 0.1) is 30.3 Å². The Hall–Kier alpha value is -3.13. The molecule has 0 aliphatic carbocycles. The number of esters is 1. The summed E-state index contributed by atoms with van der Waals surface area (Å²) in [6, 6.07) is 28.7. The summed E-state index contributed by atoms with van der Waals surface area (Å²) in [7, 11) is -3.86. The Kier molecular flexibility index (Phi) is 10.8. The van der Waals surface area contributed by atoms with Gasteiger partial charge < -0.3 is 4.74 Å².